The van der Waals surface area contributed by atoms with Crippen LogP contribution in [-0.2, 0) is 0 Å². The molecule has 0 bridgehead atoms. The van der Waals surface area contributed by atoms with Gasteiger partial charge in [0.25, 0.3) is 0 Å². The quantitative estimate of drug-likeness (QED) is 0.454. The fourth-order valence-electron chi connectivity index (χ4n) is 4.42. The number of benzene rings is 3. The molecule has 0 amide bonds. The number of hydrogen-bond donors (Lipinski definition) is 0. The zero-order valence-corrected chi connectivity index (χ0v) is 15.7. The van der Waals surface area contributed by atoms with Gasteiger partial charge in [0.15, 0.2) is 0 Å². The molecular formula is C26H28. The number of fused-ring (bicyclic) bond motifs is 1. The summed E-state index contributed by atoms with van der Waals surface area (Å²) in [5.74, 6) is 1.73. The monoisotopic (exact) mass is 340 g/mol. The molecule has 0 atom stereocenters. The highest BCUT2D eigenvalue weighted by Crippen LogP contribution is 2.37. The average Bonchev–Trinajstić information content (AvgIpc) is 2.73. The normalized spacial score (nSPS) is 20.2. The summed E-state index contributed by atoms with van der Waals surface area (Å²) in [7, 11) is 0. The predicted molar refractivity (Wildman–Crippen MR) is 114 cm³/mol. The SMILES string of the molecule is C=Cc1ccc2cc(-c3ccc(C4CCC(CC)CC4)cc3)ccc2c1. The van der Waals surface area contributed by atoms with E-state index < -0.39 is 0 Å². The third kappa shape index (κ3) is 3.46. The van der Waals surface area contributed by atoms with Crippen LogP contribution >= 0.6 is 0 Å². The van der Waals surface area contributed by atoms with Gasteiger partial charge < -0.3 is 0 Å². The Balaban J connectivity index is 1.55. The molecule has 26 heavy (non-hydrogen) atoms. The third-order valence-corrected chi connectivity index (χ3v) is 6.24. The fraction of sp³-hybridized carbons (Fsp3) is 0.308. The van der Waals surface area contributed by atoms with Gasteiger partial charge in [0, 0.05) is 0 Å². The minimum Gasteiger partial charge on any atom is -0.0985 e. The van der Waals surface area contributed by atoms with Crippen molar-refractivity contribution in [3.8, 4) is 11.1 Å². The van der Waals surface area contributed by atoms with Crippen LogP contribution in [0.1, 0.15) is 56.1 Å². The highest BCUT2D eigenvalue weighted by atomic mass is 14.3. The Morgan fingerprint density at radius 1 is 0.808 bits per heavy atom. The Kier molecular flexibility index (Phi) is 4.93. The van der Waals surface area contributed by atoms with Crippen LogP contribution in [0.15, 0.2) is 67.2 Å². The smallest absolute Gasteiger partial charge is 0.0162 e. The van der Waals surface area contributed by atoms with E-state index in [1.807, 2.05) is 6.08 Å². The van der Waals surface area contributed by atoms with Crippen molar-refractivity contribution < 1.29 is 0 Å². The molecule has 1 aliphatic carbocycles. The molecule has 3 aromatic carbocycles. The molecule has 132 valence electrons. The van der Waals surface area contributed by atoms with E-state index in [0.717, 1.165) is 11.8 Å². The summed E-state index contributed by atoms with van der Waals surface area (Å²) < 4.78 is 0. The van der Waals surface area contributed by atoms with E-state index >= 15 is 0 Å². The lowest BCUT2D eigenvalue weighted by molar-refractivity contribution is 0.319. The summed E-state index contributed by atoms with van der Waals surface area (Å²) in [4.78, 5) is 0. The van der Waals surface area contributed by atoms with Crippen molar-refractivity contribution >= 4 is 16.8 Å². The zero-order chi connectivity index (χ0) is 17.9. The Hall–Kier alpha value is -2.34. The largest absolute Gasteiger partial charge is 0.0985 e. The van der Waals surface area contributed by atoms with Gasteiger partial charge in [-0.05, 0) is 82.7 Å². The van der Waals surface area contributed by atoms with E-state index in [9.17, 15) is 0 Å². The number of rotatable bonds is 4. The van der Waals surface area contributed by atoms with Crippen LogP contribution < -0.4 is 0 Å². The first kappa shape index (κ1) is 17.1. The van der Waals surface area contributed by atoms with Crippen LogP contribution in [0.4, 0.5) is 0 Å². The van der Waals surface area contributed by atoms with Crippen molar-refractivity contribution in [2.75, 3.05) is 0 Å². The number of hydrogen-bond acceptors (Lipinski definition) is 0. The van der Waals surface area contributed by atoms with Crippen molar-refractivity contribution in [1.29, 1.82) is 0 Å². The first-order chi connectivity index (χ1) is 12.8. The molecule has 0 N–H and O–H groups in total. The summed E-state index contributed by atoms with van der Waals surface area (Å²) >= 11 is 0. The summed E-state index contributed by atoms with van der Waals surface area (Å²) in [5, 5.41) is 2.56. The van der Waals surface area contributed by atoms with Crippen molar-refractivity contribution in [2.45, 2.75) is 44.9 Å². The lowest BCUT2D eigenvalue weighted by Crippen LogP contribution is -2.12. The minimum atomic E-state index is 0.765. The molecule has 0 heterocycles. The van der Waals surface area contributed by atoms with Gasteiger partial charge in [-0.15, -0.1) is 0 Å². The topological polar surface area (TPSA) is 0 Å². The predicted octanol–water partition coefficient (Wildman–Crippen LogP) is 7.83. The zero-order valence-electron chi connectivity index (χ0n) is 15.7. The van der Waals surface area contributed by atoms with E-state index in [1.165, 1.54) is 65.1 Å². The van der Waals surface area contributed by atoms with Crippen molar-refractivity contribution in [3.05, 3.63) is 78.4 Å². The maximum atomic E-state index is 3.86. The van der Waals surface area contributed by atoms with Crippen LogP contribution in [0.5, 0.6) is 0 Å². The highest BCUT2D eigenvalue weighted by molar-refractivity contribution is 5.88. The first-order valence-corrected chi connectivity index (χ1v) is 10.0. The third-order valence-electron chi connectivity index (χ3n) is 6.24. The summed E-state index contributed by atoms with van der Waals surface area (Å²) in [5.41, 5.74) is 5.31. The Morgan fingerprint density at radius 2 is 1.46 bits per heavy atom. The second-order valence-electron chi connectivity index (χ2n) is 7.77. The molecule has 0 unspecified atom stereocenters. The molecule has 3 aromatic rings. The van der Waals surface area contributed by atoms with Crippen LogP contribution in [-0.4, -0.2) is 0 Å². The van der Waals surface area contributed by atoms with Crippen LogP contribution in [0.2, 0.25) is 0 Å². The van der Waals surface area contributed by atoms with E-state index in [4.69, 9.17) is 0 Å². The van der Waals surface area contributed by atoms with Gasteiger partial charge in [-0.25, -0.2) is 0 Å². The second kappa shape index (κ2) is 7.50. The van der Waals surface area contributed by atoms with Gasteiger partial charge in [0.05, 0.1) is 0 Å². The maximum Gasteiger partial charge on any atom is -0.0162 e. The van der Waals surface area contributed by atoms with Crippen LogP contribution in [0.25, 0.3) is 28.0 Å². The minimum absolute atomic E-state index is 0.765. The van der Waals surface area contributed by atoms with Crippen molar-refractivity contribution in [1.82, 2.24) is 0 Å². The van der Waals surface area contributed by atoms with Gasteiger partial charge in [-0.2, -0.15) is 0 Å². The van der Waals surface area contributed by atoms with Gasteiger partial charge in [-0.1, -0.05) is 74.5 Å². The molecule has 1 aliphatic rings. The molecule has 0 aromatic heterocycles. The highest BCUT2D eigenvalue weighted by Gasteiger charge is 2.21. The van der Waals surface area contributed by atoms with Gasteiger partial charge >= 0.3 is 0 Å². The van der Waals surface area contributed by atoms with E-state index in [0.29, 0.717) is 0 Å². The molecule has 0 heteroatoms. The molecule has 0 nitrogen and oxygen atoms in total. The molecular weight excluding hydrogens is 312 g/mol. The molecule has 0 aliphatic heterocycles. The van der Waals surface area contributed by atoms with E-state index in [-0.39, 0.29) is 0 Å². The molecule has 0 spiro atoms. The van der Waals surface area contributed by atoms with Gasteiger partial charge in [0.2, 0.25) is 0 Å². The molecule has 1 saturated carbocycles. The van der Waals surface area contributed by atoms with Gasteiger partial charge in [0.1, 0.15) is 0 Å². The lowest BCUT2D eigenvalue weighted by Gasteiger charge is -2.28. The second-order valence-corrected chi connectivity index (χ2v) is 7.77. The van der Waals surface area contributed by atoms with Crippen LogP contribution in [0.3, 0.4) is 0 Å². The average molecular weight is 341 g/mol. The van der Waals surface area contributed by atoms with E-state index in [2.05, 4.69) is 74.2 Å². The molecule has 0 saturated heterocycles. The molecule has 1 fully saturated rings. The Morgan fingerprint density at radius 3 is 2.15 bits per heavy atom. The maximum absolute atomic E-state index is 3.86. The fourth-order valence-corrected chi connectivity index (χ4v) is 4.42. The first-order valence-electron chi connectivity index (χ1n) is 10.0. The standard InChI is InChI=1S/C26H28/c1-3-19-5-8-21(9-6-19)22-11-13-23(14-12-22)25-16-15-24-17-20(4-2)7-10-26(24)18-25/h4,7,10-19,21H,2-3,5-6,8-9H2,1H3. The van der Waals surface area contributed by atoms with Crippen LogP contribution in [0, 0.1) is 5.92 Å². The molecule has 4 rings (SSSR count). The summed E-state index contributed by atoms with van der Waals surface area (Å²) in [6, 6.07) is 22.6. The van der Waals surface area contributed by atoms with Crippen molar-refractivity contribution in [3.63, 3.8) is 0 Å². The summed E-state index contributed by atoms with van der Waals surface area (Å²) in [6.07, 6.45) is 8.78. The Bertz CT molecular complexity index is 893. The van der Waals surface area contributed by atoms with Crippen molar-refractivity contribution in [2.24, 2.45) is 5.92 Å². The summed E-state index contributed by atoms with van der Waals surface area (Å²) in [6.45, 7) is 6.19. The van der Waals surface area contributed by atoms with Gasteiger partial charge in [-0.3, -0.25) is 0 Å². The van der Waals surface area contributed by atoms with E-state index in [1.54, 1.807) is 0 Å². The molecule has 0 radical (unpaired) electrons. The Labute approximate surface area is 157 Å². The lowest BCUT2D eigenvalue weighted by atomic mass is 9.77.